The van der Waals surface area contributed by atoms with Gasteiger partial charge in [-0.1, -0.05) is 0 Å². The van der Waals surface area contributed by atoms with Gasteiger partial charge < -0.3 is 0 Å². The largest absolute Gasteiger partial charge is 0.449 e. The molecule has 0 aliphatic carbocycles. The zero-order valence-corrected chi connectivity index (χ0v) is 9.76. The Labute approximate surface area is 94.8 Å². The van der Waals surface area contributed by atoms with Crippen LogP contribution in [0.25, 0.3) is 0 Å². The third-order valence-corrected chi connectivity index (χ3v) is 2.90. The predicted molar refractivity (Wildman–Crippen MR) is 52.3 cm³/mol. The first kappa shape index (κ1) is 13.7. The fourth-order valence-corrected chi connectivity index (χ4v) is 1.76. The monoisotopic (exact) mass is 270 g/mol. The van der Waals surface area contributed by atoms with Crippen molar-refractivity contribution in [2.75, 3.05) is 6.26 Å². The number of aromatic nitrogens is 2. The van der Waals surface area contributed by atoms with E-state index in [-0.39, 0.29) is 6.54 Å². The van der Waals surface area contributed by atoms with Gasteiger partial charge in [-0.15, -0.1) is 0 Å². The van der Waals surface area contributed by atoms with Gasteiger partial charge in [0.05, 0.1) is 0 Å². The summed E-state index contributed by atoms with van der Waals surface area (Å²) in [6.45, 7) is 1.09. The van der Waals surface area contributed by atoms with E-state index in [1.807, 2.05) is 0 Å². The van der Waals surface area contributed by atoms with E-state index in [0.717, 1.165) is 0 Å². The van der Waals surface area contributed by atoms with Crippen molar-refractivity contribution in [1.82, 2.24) is 9.55 Å². The van der Waals surface area contributed by atoms with Crippen molar-refractivity contribution in [3.05, 3.63) is 22.2 Å². The first-order valence-corrected chi connectivity index (χ1v) is 6.35. The summed E-state index contributed by atoms with van der Waals surface area (Å²) in [6.07, 6.45) is -4.19. The molecular weight excluding hydrogens is 261 g/mol. The molecule has 0 saturated carbocycles. The van der Waals surface area contributed by atoms with E-state index in [0.29, 0.717) is 16.9 Å². The maximum absolute atomic E-state index is 12.6. The van der Waals surface area contributed by atoms with Crippen LogP contribution in [0.4, 0.5) is 13.2 Å². The Bertz CT molecular complexity index is 589. The molecule has 1 aromatic heterocycles. The van der Waals surface area contributed by atoms with E-state index in [9.17, 15) is 26.4 Å². The quantitative estimate of drug-likeness (QED) is 0.741. The molecule has 0 bridgehead atoms. The van der Waals surface area contributed by atoms with E-state index < -0.39 is 32.4 Å². The summed E-state index contributed by atoms with van der Waals surface area (Å²) in [5.74, 6) is -1.51. The molecular formula is C8H9F3N2O3S. The van der Waals surface area contributed by atoms with Gasteiger partial charge >= 0.3 is 6.18 Å². The van der Waals surface area contributed by atoms with Gasteiger partial charge in [-0.3, -0.25) is 9.36 Å². The van der Waals surface area contributed by atoms with Crippen LogP contribution in [0.2, 0.25) is 0 Å². The van der Waals surface area contributed by atoms with Crippen LogP contribution in [0.3, 0.4) is 0 Å². The fourth-order valence-electron chi connectivity index (χ4n) is 1.20. The van der Waals surface area contributed by atoms with Crippen LogP contribution in [0, 0.1) is 0 Å². The number of rotatable bonds is 2. The van der Waals surface area contributed by atoms with Gasteiger partial charge in [0.1, 0.15) is 0 Å². The number of alkyl halides is 3. The normalized spacial score (nSPS) is 12.8. The molecule has 0 fully saturated rings. The van der Waals surface area contributed by atoms with Crippen molar-refractivity contribution >= 4 is 9.84 Å². The minimum absolute atomic E-state index is 0.245. The van der Waals surface area contributed by atoms with Crippen LogP contribution in [0.1, 0.15) is 12.7 Å². The van der Waals surface area contributed by atoms with Crippen LogP contribution in [-0.4, -0.2) is 24.2 Å². The molecule has 1 aromatic rings. The van der Waals surface area contributed by atoms with Crippen LogP contribution < -0.4 is 5.56 Å². The first-order valence-electron chi connectivity index (χ1n) is 4.46. The molecule has 5 nitrogen and oxygen atoms in total. The Balaban J connectivity index is 3.69. The van der Waals surface area contributed by atoms with Crippen molar-refractivity contribution in [2.45, 2.75) is 24.7 Å². The van der Waals surface area contributed by atoms with Crippen molar-refractivity contribution in [2.24, 2.45) is 0 Å². The molecule has 0 unspecified atom stereocenters. The second kappa shape index (κ2) is 4.13. The standard InChI is InChI=1S/C8H9F3N2O3S/c1-3-13-6(14)4-5(17(2,15)16)12-7(13)8(9,10)11/h4H,3H2,1-2H3. The minimum Gasteiger partial charge on any atom is -0.289 e. The molecule has 0 radical (unpaired) electrons. The van der Waals surface area contributed by atoms with Gasteiger partial charge in [-0.2, -0.15) is 13.2 Å². The molecule has 96 valence electrons. The molecule has 0 aliphatic heterocycles. The summed E-state index contributed by atoms with van der Waals surface area (Å²) in [5, 5.41) is -0.875. The molecule has 0 N–H and O–H groups in total. The van der Waals surface area contributed by atoms with Crippen LogP contribution >= 0.6 is 0 Å². The molecule has 0 saturated heterocycles. The van der Waals surface area contributed by atoms with E-state index in [2.05, 4.69) is 4.98 Å². The maximum Gasteiger partial charge on any atom is 0.449 e. The highest BCUT2D eigenvalue weighted by atomic mass is 32.2. The van der Waals surface area contributed by atoms with E-state index >= 15 is 0 Å². The van der Waals surface area contributed by atoms with Gasteiger partial charge in [-0.25, -0.2) is 13.4 Å². The topological polar surface area (TPSA) is 69.0 Å². The summed E-state index contributed by atoms with van der Waals surface area (Å²) < 4.78 is 60.2. The first-order chi connectivity index (χ1) is 7.57. The molecule has 0 aliphatic rings. The average Bonchev–Trinajstić information content (AvgIpc) is 2.13. The Kier molecular flexibility index (Phi) is 3.33. The molecule has 9 heteroatoms. The highest BCUT2D eigenvalue weighted by Gasteiger charge is 2.37. The smallest absolute Gasteiger partial charge is 0.289 e. The molecule has 0 atom stereocenters. The highest BCUT2D eigenvalue weighted by molar-refractivity contribution is 7.90. The van der Waals surface area contributed by atoms with Gasteiger partial charge in [0, 0.05) is 18.9 Å². The zero-order valence-electron chi connectivity index (χ0n) is 8.95. The summed E-state index contributed by atoms with van der Waals surface area (Å²) in [5.41, 5.74) is -1.05. The lowest BCUT2D eigenvalue weighted by Crippen LogP contribution is -2.30. The third-order valence-electron chi connectivity index (χ3n) is 1.93. The lowest BCUT2D eigenvalue weighted by atomic mass is 10.5. The summed E-state index contributed by atoms with van der Waals surface area (Å²) >= 11 is 0. The van der Waals surface area contributed by atoms with Crippen molar-refractivity contribution < 1.29 is 21.6 Å². The highest BCUT2D eigenvalue weighted by Crippen LogP contribution is 2.27. The van der Waals surface area contributed by atoms with Gasteiger partial charge in [0.25, 0.3) is 5.56 Å². The second-order valence-electron chi connectivity index (χ2n) is 3.27. The van der Waals surface area contributed by atoms with Crippen molar-refractivity contribution in [1.29, 1.82) is 0 Å². The number of hydrogen-bond acceptors (Lipinski definition) is 4. The summed E-state index contributed by atoms with van der Waals surface area (Å²) in [6, 6.07) is 0.577. The van der Waals surface area contributed by atoms with Crippen LogP contribution in [-0.2, 0) is 22.6 Å². The van der Waals surface area contributed by atoms with E-state index in [1.54, 1.807) is 0 Å². The Morgan fingerprint density at radius 2 is 1.94 bits per heavy atom. The van der Waals surface area contributed by atoms with Crippen molar-refractivity contribution in [3.8, 4) is 0 Å². The lowest BCUT2D eigenvalue weighted by molar-refractivity contribution is -0.148. The van der Waals surface area contributed by atoms with Crippen LogP contribution in [0.15, 0.2) is 15.9 Å². The predicted octanol–water partition coefficient (Wildman–Crippen LogP) is 0.686. The van der Waals surface area contributed by atoms with Gasteiger partial charge in [-0.05, 0) is 6.92 Å². The van der Waals surface area contributed by atoms with Gasteiger partial charge in [0.15, 0.2) is 14.9 Å². The molecule has 0 spiro atoms. The molecule has 1 heterocycles. The number of nitrogens with zero attached hydrogens (tertiary/aromatic N) is 2. The third kappa shape index (κ3) is 2.84. The molecule has 0 aromatic carbocycles. The average molecular weight is 270 g/mol. The Morgan fingerprint density at radius 1 is 1.41 bits per heavy atom. The number of hydrogen-bond donors (Lipinski definition) is 0. The molecule has 1 rings (SSSR count). The minimum atomic E-state index is -4.88. The molecule has 0 amide bonds. The second-order valence-corrected chi connectivity index (χ2v) is 5.23. The summed E-state index contributed by atoms with van der Waals surface area (Å²) in [4.78, 5) is 14.3. The maximum atomic E-state index is 12.6. The SMILES string of the molecule is CCn1c(C(F)(F)F)nc(S(C)(=O)=O)cc1=O. The van der Waals surface area contributed by atoms with Crippen LogP contribution in [0.5, 0.6) is 0 Å². The Hall–Kier alpha value is -1.38. The number of sulfone groups is 1. The number of halogens is 3. The van der Waals surface area contributed by atoms with E-state index in [4.69, 9.17) is 0 Å². The lowest BCUT2D eigenvalue weighted by Gasteiger charge is -2.13. The summed E-state index contributed by atoms with van der Waals surface area (Å²) in [7, 11) is -3.96. The Morgan fingerprint density at radius 3 is 2.29 bits per heavy atom. The zero-order chi connectivity index (χ0) is 13.4. The fraction of sp³-hybridized carbons (Fsp3) is 0.500. The molecule has 17 heavy (non-hydrogen) atoms. The van der Waals surface area contributed by atoms with Crippen molar-refractivity contribution in [3.63, 3.8) is 0 Å². The van der Waals surface area contributed by atoms with Gasteiger partial charge in [0.2, 0.25) is 5.82 Å². The van der Waals surface area contributed by atoms with E-state index in [1.165, 1.54) is 6.92 Å².